The van der Waals surface area contributed by atoms with Crippen LogP contribution in [0.3, 0.4) is 0 Å². The number of azide groups is 1. The summed E-state index contributed by atoms with van der Waals surface area (Å²) < 4.78 is 26.2. The van der Waals surface area contributed by atoms with Gasteiger partial charge in [0.15, 0.2) is 0 Å². The fourth-order valence-electron chi connectivity index (χ4n) is 5.75. The Morgan fingerprint density at radius 3 is 2.60 bits per heavy atom. The molecule has 2 heterocycles. The van der Waals surface area contributed by atoms with E-state index in [4.69, 9.17) is 21.1 Å². The van der Waals surface area contributed by atoms with Crippen molar-refractivity contribution < 1.29 is 28.6 Å². The number of hydrogen-bond donors (Lipinski definition) is 2. The number of anilines is 1. The maximum atomic E-state index is 15.1. The van der Waals surface area contributed by atoms with Crippen LogP contribution >= 0.6 is 11.6 Å². The monoisotopic (exact) mass is 573 g/mol. The summed E-state index contributed by atoms with van der Waals surface area (Å²) in [4.78, 5) is 29.8. The van der Waals surface area contributed by atoms with Gasteiger partial charge < -0.3 is 19.9 Å². The molecule has 0 bridgehead atoms. The van der Waals surface area contributed by atoms with Gasteiger partial charge in [0.25, 0.3) is 0 Å². The van der Waals surface area contributed by atoms with E-state index in [1.54, 1.807) is 32.0 Å². The smallest absolute Gasteiger partial charge is 0.409 e. The lowest BCUT2D eigenvalue weighted by atomic mass is 9.76. The topological polar surface area (TPSA) is 137 Å². The molecule has 2 fully saturated rings. The quantitative estimate of drug-likeness (QED) is 0.204. The highest BCUT2D eigenvalue weighted by Gasteiger charge is 2.44. The second-order valence-corrected chi connectivity index (χ2v) is 11.0. The van der Waals surface area contributed by atoms with Crippen molar-refractivity contribution in [2.45, 2.75) is 63.3 Å². The van der Waals surface area contributed by atoms with Crippen LogP contribution in [0.2, 0.25) is 5.02 Å². The van der Waals surface area contributed by atoms with Crippen LogP contribution in [0.5, 0.6) is 0 Å². The van der Waals surface area contributed by atoms with E-state index in [1.165, 1.54) is 17.0 Å². The molecule has 10 nitrogen and oxygen atoms in total. The van der Waals surface area contributed by atoms with E-state index in [2.05, 4.69) is 15.3 Å². The molecule has 2 N–H and O–H groups in total. The maximum Gasteiger partial charge on any atom is 0.409 e. The molecule has 214 valence electrons. The molecule has 2 saturated heterocycles. The van der Waals surface area contributed by atoms with Gasteiger partial charge in [-0.3, -0.25) is 9.69 Å². The average Bonchev–Trinajstić information content (AvgIpc) is 3.23. The average molecular weight is 574 g/mol. The first kappa shape index (κ1) is 29.6. The fraction of sp³-hybridized carbons (Fsp3) is 0.500. The summed E-state index contributed by atoms with van der Waals surface area (Å²) >= 11 is 6.10. The van der Waals surface area contributed by atoms with Gasteiger partial charge in [0, 0.05) is 40.3 Å². The Morgan fingerprint density at radius 1 is 1.25 bits per heavy atom. The molecule has 2 aromatic carbocycles. The molecule has 0 radical (unpaired) electrons. The Morgan fingerprint density at radius 2 is 1.95 bits per heavy atom. The number of halogens is 2. The number of carboxylic acid groups (broad SMARTS) is 1. The first-order chi connectivity index (χ1) is 19.1. The van der Waals surface area contributed by atoms with Crippen molar-refractivity contribution in [3.63, 3.8) is 0 Å². The van der Waals surface area contributed by atoms with E-state index in [9.17, 15) is 20.2 Å². The number of benzene rings is 2. The van der Waals surface area contributed by atoms with Gasteiger partial charge >= 0.3 is 6.09 Å². The number of nitrogens with one attached hydrogen (secondary N) is 1. The van der Waals surface area contributed by atoms with Crippen LogP contribution in [-0.4, -0.2) is 59.6 Å². The van der Waals surface area contributed by atoms with Gasteiger partial charge in [-0.25, -0.2) is 9.18 Å². The molecule has 4 rings (SSSR count). The molecule has 2 amide bonds. The second-order valence-electron chi connectivity index (χ2n) is 10.5. The third kappa shape index (κ3) is 6.67. The fourth-order valence-corrected chi connectivity index (χ4v) is 5.87. The van der Waals surface area contributed by atoms with Gasteiger partial charge in [0.2, 0.25) is 5.91 Å². The van der Waals surface area contributed by atoms with Crippen LogP contribution in [0, 0.1) is 11.7 Å². The van der Waals surface area contributed by atoms with Crippen LogP contribution in [0.25, 0.3) is 10.4 Å². The van der Waals surface area contributed by atoms with Crippen molar-refractivity contribution in [3.8, 4) is 0 Å². The first-order valence-electron chi connectivity index (χ1n) is 13.2. The molecule has 0 aromatic heterocycles. The first-order valence-corrected chi connectivity index (χ1v) is 13.6. The zero-order valence-corrected chi connectivity index (χ0v) is 23.2. The Kier molecular flexibility index (Phi) is 9.52. The van der Waals surface area contributed by atoms with Crippen molar-refractivity contribution >= 4 is 29.3 Å². The molecule has 2 aromatic rings. The van der Waals surface area contributed by atoms with E-state index >= 15 is 4.39 Å². The summed E-state index contributed by atoms with van der Waals surface area (Å²) in [5.41, 5.74) is 9.70. The predicted molar refractivity (Wildman–Crippen MR) is 148 cm³/mol. The minimum Gasteiger partial charge on any atom is -0.465 e. The highest BCUT2D eigenvalue weighted by Crippen LogP contribution is 2.38. The van der Waals surface area contributed by atoms with E-state index in [0.29, 0.717) is 31.1 Å². The van der Waals surface area contributed by atoms with Gasteiger partial charge in [-0.15, -0.1) is 0 Å². The maximum absolute atomic E-state index is 15.1. The number of hydrogen-bond acceptors (Lipinski definition) is 5. The van der Waals surface area contributed by atoms with Crippen LogP contribution in [0.15, 0.2) is 47.6 Å². The molecule has 0 aliphatic carbocycles. The van der Waals surface area contributed by atoms with E-state index in [1.807, 2.05) is 12.1 Å². The number of ether oxygens (including phenoxy) is 2. The molecule has 0 spiro atoms. The standard InChI is InChI=1S/C28H33ClFN5O5/c1-28(2)35(27(37)38)20(16-40-28)10-11-21-22(30)4-3-5-23(21)32-26(36)25(33-34-31)24(18-12-14-39-15-13-18)17-6-8-19(29)9-7-17/h3-9,18,20,24-25H,10-16H2,1-2H3,(H,32,36)(H,37,38). The van der Waals surface area contributed by atoms with Gasteiger partial charge in [-0.1, -0.05) is 34.9 Å². The third-order valence-corrected chi connectivity index (χ3v) is 7.95. The minimum absolute atomic E-state index is 0.0101. The highest BCUT2D eigenvalue weighted by atomic mass is 35.5. The highest BCUT2D eigenvalue weighted by molar-refractivity contribution is 6.30. The molecule has 2 aliphatic rings. The zero-order chi connectivity index (χ0) is 28.9. The number of carbonyl (C=O) groups excluding carboxylic acids is 1. The van der Waals surface area contributed by atoms with Crippen LogP contribution in [0.4, 0.5) is 14.9 Å². The zero-order valence-electron chi connectivity index (χ0n) is 22.4. The number of amides is 2. The van der Waals surface area contributed by atoms with Crippen molar-refractivity contribution in [2.75, 3.05) is 25.1 Å². The SMILES string of the molecule is CC1(C)OCC(CCc2c(F)cccc2NC(=O)C(N=[N+]=[N-])C(c2ccc(Cl)cc2)C2CCOCC2)N1C(=O)O. The Hall–Kier alpha value is -3.37. The molecular formula is C28H33ClFN5O5. The van der Waals surface area contributed by atoms with Crippen LogP contribution in [0.1, 0.15) is 50.2 Å². The summed E-state index contributed by atoms with van der Waals surface area (Å²) in [6.07, 6.45) is 0.692. The second kappa shape index (κ2) is 12.9. The molecule has 3 atom stereocenters. The Bertz CT molecular complexity index is 1260. The molecule has 12 heteroatoms. The molecule has 2 aliphatic heterocycles. The number of rotatable bonds is 9. The van der Waals surface area contributed by atoms with Gasteiger partial charge in [0.1, 0.15) is 17.6 Å². The summed E-state index contributed by atoms with van der Waals surface area (Å²) in [6.45, 7) is 4.58. The van der Waals surface area contributed by atoms with Crippen molar-refractivity contribution in [2.24, 2.45) is 11.0 Å². The number of carbonyl (C=O) groups is 2. The summed E-state index contributed by atoms with van der Waals surface area (Å²) in [5, 5.41) is 16.9. The van der Waals surface area contributed by atoms with Crippen molar-refractivity contribution in [1.82, 2.24) is 4.90 Å². The Balaban J connectivity index is 1.59. The van der Waals surface area contributed by atoms with Gasteiger partial charge in [-0.2, -0.15) is 0 Å². The Labute approximate surface area is 237 Å². The summed E-state index contributed by atoms with van der Waals surface area (Å²) in [5.74, 6) is -1.53. The molecular weight excluding hydrogens is 541 g/mol. The normalized spacial score (nSPS) is 20.4. The summed E-state index contributed by atoms with van der Waals surface area (Å²) in [7, 11) is 0. The molecule has 0 saturated carbocycles. The van der Waals surface area contributed by atoms with E-state index < -0.39 is 41.5 Å². The van der Waals surface area contributed by atoms with Gasteiger partial charge in [0.05, 0.1) is 12.6 Å². The van der Waals surface area contributed by atoms with Crippen LogP contribution in [-0.2, 0) is 20.7 Å². The van der Waals surface area contributed by atoms with E-state index in [0.717, 1.165) is 5.56 Å². The van der Waals surface area contributed by atoms with Gasteiger partial charge in [-0.05, 0) is 80.8 Å². The van der Waals surface area contributed by atoms with E-state index in [-0.39, 0.29) is 36.6 Å². The lowest BCUT2D eigenvalue weighted by Crippen LogP contribution is -2.47. The minimum atomic E-state index is -1.12. The number of nitrogens with zero attached hydrogens (tertiary/aromatic N) is 4. The largest absolute Gasteiger partial charge is 0.465 e. The van der Waals surface area contributed by atoms with Crippen molar-refractivity contribution in [3.05, 3.63) is 74.9 Å². The van der Waals surface area contributed by atoms with Crippen molar-refractivity contribution in [1.29, 1.82) is 0 Å². The lowest BCUT2D eigenvalue weighted by molar-refractivity contribution is -0.118. The summed E-state index contributed by atoms with van der Waals surface area (Å²) in [6, 6.07) is 9.87. The molecule has 40 heavy (non-hydrogen) atoms. The lowest BCUT2D eigenvalue weighted by Gasteiger charge is -2.34. The van der Waals surface area contributed by atoms with Crippen LogP contribution < -0.4 is 5.32 Å². The third-order valence-electron chi connectivity index (χ3n) is 7.70. The molecule has 3 unspecified atom stereocenters. The predicted octanol–water partition coefficient (Wildman–Crippen LogP) is 6.35.